The molecule has 1 aromatic rings. The van der Waals surface area contributed by atoms with Crippen LogP contribution < -0.4 is 5.73 Å². The highest BCUT2D eigenvalue weighted by Gasteiger charge is 2.31. The average molecular weight is 253 g/mol. The van der Waals surface area contributed by atoms with Crippen molar-refractivity contribution in [2.24, 2.45) is 11.1 Å². The molecule has 2 N–H and O–H groups in total. The standard InChI is InChI=1S/C13H23N3S/c1-6-10(14)11(13(3,4)5)17-12-15-7-9(2)8-16-12/h7-8,10-11H,6,14H2,1-5H3. The van der Waals surface area contributed by atoms with E-state index < -0.39 is 0 Å². The molecule has 0 saturated carbocycles. The van der Waals surface area contributed by atoms with Crippen LogP contribution in [0.25, 0.3) is 0 Å². The van der Waals surface area contributed by atoms with Crippen molar-refractivity contribution in [3.05, 3.63) is 18.0 Å². The van der Waals surface area contributed by atoms with Crippen molar-refractivity contribution >= 4 is 11.8 Å². The Bertz CT molecular complexity index is 343. The maximum absolute atomic E-state index is 6.20. The van der Waals surface area contributed by atoms with Crippen LogP contribution in [0.2, 0.25) is 0 Å². The lowest BCUT2D eigenvalue weighted by molar-refractivity contribution is 0.349. The zero-order valence-electron chi connectivity index (χ0n) is 11.4. The van der Waals surface area contributed by atoms with Gasteiger partial charge in [0.2, 0.25) is 0 Å². The van der Waals surface area contributed by atoms with Crippen LogP contribution >= 0.6 is 11.8 Å². The molecule has 0 aliphatic rings. The molecule has 0 bridgehead atoms. The molecule has 0 fully saturated rings. The van der Waals surface area contributed by atoms with E-state index in [0.29, 0.717) is 5.25 Å². The summed E-state index contributed by atoms with van der Waals surface area (Å²) in [7, 11) is 0. The molecular weight excluding hydrogens is 230 g/mol. The molecule has 2 atom stereocenters. The molecule has 0 amide bonds. The Balaban J connectivity index is 2.83. The molecule has 1 rings (SSSR count). The second kappa shape index (κ2) is 5.83. The Morgan fingerprint density at radius 1 is 1.29 bits per heavy atom. The van der Waals surface area contributed by atoms with E-state index in [4.69, 9.17) is 5.73 Å². The summed E-state index contributed by atoms with van der Waals surface area (Å²) in [6.07, 6.45) is 4.68. The number of nitrogens with zero attached hydrogens (tertiary/aromatic N) is 2. The van der Waals surface area contributed by atoms with Crippen LogP contribution in [0.15, 0.2) is 17.6 Å². The zero-order valence-corrected chi connectivity index (χ0v) is 12.2. The van der Waals surface area contributed by atoms with Crippen molar-refractivity contribution in [1.29, 1.82) is 0 Å². The molecule has 3 nitrogen and oxygen atoms in total. The topological polar surface area (TPSA) is 51.8 Å². The highest BCUT2D eigenvalue weighted by atomic mass is 32.2. The van der Waals surface area contributed by atoms with E-state index in [1.165, 1.54) is 0 Å². The monoisotopic (exact) mass is 253 g/mol. The van der Waals surface area contributed by atoms with Crippen LogP contribution in [0.3, 0.4) is 0 Å². The van der Waals surface area contributed by atoms with Crippen LogP contribution in [0.1, 0.15) is 39.7 Å². The smallest absolute Gasteiger partial charge is 0.187 e. The Kier molecular flexibility index (Phi) is 4.95. The predicted molar refractivity (Wildman–Crippen MR) is 74.1 cm³/mol. The van der Waals surface area contributed by atoms with Gasteiger partial charge in [0, 0.05) is 23.7 Å². The van der Waals surface area contributed by atoms with Gasteiger partial charge in [-0.2, -0.15) is 0 Å². The van der Waals surface area contributed by atoms with Crippen LogP contribution in [0.4, 0.5) is 0 Å². The lowest BCUT2D eigenvalue weighted by Gasteiger charge is -2.33. The van der Waals surface area contributed by atoms with Gasteiger partial charge < -0.3 is 5.73 Å². The second-order valence-electron chi connectivity index (χ2n) is 5.52. The summed E-state index contributed by atoms with van der Waals surface area (Å²) in [6, 6.07) is 0.171. The molecule has 96 valence electrons. The van der Waals surface area contributed by atoms with Gasteiger partial charge in [0.05, 0.1) is 0 Å². The first-order chi connectivity index (χ1) is 7.84. The summed E-state index contributed by atoms with van der Waals surface area (Å²) in [6.45, 7) is 10.8. The van der Waals surface area contributed by atoms with Crippen molar-refractivity contribution < 1.29 is 0 Å². The van der Waals surface area contributed by atoms with Gasteiger partial charge in [-0.05, 0) is 24.3 Å². The summed E-state index contributed by atoms with van der Waals surface area (Å²) in [5.41, 5.74) is 7.44. The van der Waals surface area contributed by atoms with Crippen molar-refractivity contribution in [1.82, 2.24) is 9.97 Å². The molecule has 0 aromatic carbocycles. The van der Waals surface area contributed by atoms with Crippen LogP contribution in [-0.2, 0) is 0 Å². The fourth-order valence-corrected chi connectivity index (χ4v) is 2.85. The van der Waals surface area contributed by atoms with Crippen LogP contribution in [0, 0.1) is 12.3 Å². The Morgan fingerprint density at radius 3 is 2.24 bits per heavy atom. The van der Waals surface area contributed by atoms with Gasteiger partial charge in [-0.15, -0.1) is 0 Å². The van der Waals surface area contributed by atoms with Gasteiger partial charge in [0.25, 0.3) is 0 Å². The SMILES string of the molecule is CCC(N)C(Sc1ncc(C)cn1)C(C)(C)C. The molecule has 0 aliphatic heterocycles. The highest BCUT2D eigenvalue weighted by Crippen LogP contribution is 2.36. The Labute approximate surface area is 109 Å². The van der Waals surface area contributed by atoms with E-state index in [0.717, 1.165) is 17.1 Å². The number of thioether (sulfide) groups is 1. The van der Waals surface area contributed by atoms with E-state index in [9.17, 15) is 0 Å². The minimum Gasteiger partial charge on any atom is -0.327 e. The third-order valence-electron chi connectivity index (χ3n) is 2.70. The summed E-state index contributed by atoms with van der Waals surface area (Å²) in [5, 5.41) is 1.15. The van der Waals surface area contributed by atoms with E-state index in [2.05, 4.69) is 37.7 Å². The molecule has 0 radical (unpaired) electrons. The van der Waals surface area contributed by atoms with Crippen molar-refractivity contribution in [2.75, 3.05) is 0 Å². The summed E-state index contributed by atoms with van der Waals surface area (Å²) in [5.74, 6) is 0. The van der Waals surface area contributed by atoms with E-state index in [1.54, 1.807) is 11.8 Å². The minimum atomic E-state index is 0.147. The fraction of sp³-hybridized carbons (Fsp3) is 0.692. The first kappa shape index (κ1) is 14.5. The number of aryl methyl sites for hydroxylation is 1. The maximum Gasteiger partial charge on any atom is 0.187 e. The van der Waals surface area contributed by atoms with Crippen molar-refractivity contribution in [2.45, 2.75) is 57.5 Å². The molecule has 1 aromatic heterocycles. The fourth-order valence-electron chi connectivity index (χ4n) is 1.68. The normalized spacial score (nSPS) is 15.6. The van der Waals surface area contributed by atoms with Gasteiger partial charge >= 0.3 is 0 Å². The third kappa shape index (κ3) is 4.28. The lowest BCUT2D eigenvalue weighted by Crippen LogP contribution is -2.40. The summed E-state index contributed by atoms with van der Waals surface area (Å²) >= 11 is 1.69. The first-order valence-electron chi connectivity index (χ1n) is 6.05. The van der Waals surface area contributed by atoms with Gasteiger partial charge in [-0.25, -0.2) is 9.97 Å². The Morgan fingerprint density at radius 2 is 1.82 bits per heavy atom. The molecule has 17 heavy (non-hydrogen) atoms. The molecule has 2 unspecified atom stereocenters. The molecule has 0 spiro atoms. The third-order valence-corrected chi connectivity index (χ3v) is 4.44. The Hall–Kier alpha value is -0.610. The highest BCUT2D eigenvalue weighted by molar-refractivity contribution is 7.99. The largest absolute Gasteiger partial charge is 0.327 e. The van der Waals surface area contributed by atoms with Gasteiger partial charge in [-0.3, -0.25) is 0 Å². The molecular formula is C13H23N3S. The van der Waals surface area contributed by atoms with E-state index in [-0.39, 0.29) is 11.5 Å². The molecule has 1 heterocycles. The summed E-state index contributed by atoms with van der Waals surface area (Å²) < 4.78 is 0. The number of nitrogens with two attached hydrogens (primary N) is 1. The van der Waals surface area contributed by atoms with E-state index in [1.807, 2.05) is 19.3 Å². The lowest BCUT2D eigenvalue weighted by atomic mass is 9.87. The molecule has 4 heteroatoms. The summed E-state index contributed by atoms with van der Waals surface area (Å²) in [4.78, 5) is 8.69. The van der Waals surface area contributed by atoms with E-state index >= 15 is 0 Å². The zero-order chi connectivity index (χ0) is 13.1. The van der Waals surface area contributed by atoms with Crippen LogP contribution in [0.5, 0.6) is 0 Å². The molecule has 0 saturated heterocycles. The van der Waals surface area contributed by atoms with Gasteiger partial charge in [0.15, 0.2) is 5.16 Å². The second-order valence-corrected chi connectivity index (χ2v) is 6.63. The number of hydrogen-bond donors (Lipinski definition) is 1. The number of aromatic nitrogens is 2. The number of hydrogen-bond acceptors (Lipinski definition) is 4. The first-order valence-corrected chi connectivity index (χ1v) is 6.93. The average Bonchev–Trinajstić information content (AvgIpc) is 2.25. The van der Waals surface area contributed by atoms with Crippen LogP contribution in [-0.4, -0.2) is 21.3 Å². The predicted octanol–water partition coefficient (Wildman–Crippen LogP) is 3.03. The van der Waals surface area contributed by atoms with Gasteiger partial charge in [-0.1, -0.05) is 39.5 Å². The molecule has 0 aliphatic carbocycles. The van der Waals surface area contributed by atoms with Crippen molar-refractivity contribution in [3.63, 3.8) is 0 Å². The number of rotatable bonds is 4. The minimum absolute atomic E-state index is 0.147. The maximum atomic E-state index is 6.20. The van der Waals surface area contributed by atoms with Crippen molar-refractivity contribution in [3.8, 4) is 0 Å². The quantitative estimate of drug-likeness (QED) is 0.662. The van der Waals surface area contributed by atoms with Gasteiger partial charge in [0.1, 0.15) is 0 Å².